The normalized spacial score (nSPS) is 11.6. The number of alkyl halides is 3. The van der Waals surface area contributed by atoms with E-state index in [4.69, 9.17) is 5.11 Å². The number of nitrogens with one attached hydrogen (secondary N) is 1. The van der Waals surface area contributed by atoms with Crippen molar-refractivity contribution in [1.82, 2.24) is 25.0 Å². The van der Waals surface area contributed by atoms with Crippen LogP contribution in [0.2, 0.25) is 0 Å². The van der Waals surface area contributed by atoms with Gasteiger partial charge >= 0.3 is 6.18 Å². The van der Waals surface area contributed by atoms with Gasteiger partial charge in [0, 0.05) is 19.3 Å². The van der Waals surface area contributed by atoms with E-state index in [1.165, 1.54) is 0 Å². The fourth-order valence-corrected chi connectivity index (χ4v) is 2.43. The van der Waals surface area contributed by atoms with Crippen molar-refractivity contribution in [3.63, 3.8) is 0 Å². The van der Waals surface area contributed by atoms with E-state index in [1.807, 2.05) is 6.92 Å². The van der Waals surface area contributed by atoms with E-state index in [1.54, 1.807) is 23.0 Å². The second-order valence-electron chi connectivity index (χ2n) is 5.91. The zero-order valence-corrected chi connectivity index (χ0v) is 14.4. The van der Waals surface area contributed by atoms with Gasteiger partial charge in [-0.05, 0) is 43.2 Å². The number of aryl methyl sites for hydroxylation is 2. The molecule has 7 nitrogen and oxygen atoms in total. The fourth-order valence-electron chi connectivity index (χ4n) is 2.43. The number of rotatable bonds is 6. The van der Waals surface area contributed by atoms with Gasteiger partial charge in [0.2, 0.25) is 0 Å². The van der Waals surface area contributed by atoms with Gasteiger partial charge in [-0.15, -0.1) is 5.10 Å². The molecular weight excluding hydrogens is 361 g/mol. The number of aromatic nitrogens is 5. The molecule has 0 atom stereocenters. The Morgan fingerprint density at radius 3 is 2.70 bits per heavy atom. The van der Waals surface area contributed by atoms with Gasteiger partial charge < -0.3 is 10.4 Å². The fraction of sp³-hybridized carbons (Fsp3) is 0.294. The maximum atomic E-state index is 12.8. The van der Waals surface area contributed by atoms with Crippen LogP contribution in [0.15, 0.2) is 36.7 Å². The first-order chi connectivity index (χ1) is 12.8. The van der Waals surface area contributed by atoms with Gasteiger partial charge in [-0.25, -0.2) is 9.97 Å². The lowest BCUT2D eigenvalue weighted by Crippen LogP contribution is -2.06. The Balaban J connectivity index is 1.85. The molecule has 0 unspecified atom stereocenters. The maximum Gasteiger partial charge on any atom is 0.416 e. The number of aliphatic hydroxyl groups excluding tert-OH is 1. The van der Waals surface area contributed by atoms with Crippen LogP contribution in [0.4, 0.5) is 24.8 Å². The first kappa shape index (κ1) is 18.8. The van der Waals surface area contributed by atoms with Crippen molar-refractivity contribution in [3.05, 3.63) is 47.8 Å². The number of nitrogens with zero attached hydrogens (tertiary/aromatic N) is 5. The van der Waals surface area contributed by atoms with E-state index in [9.17, 15) is 13.2 Å². The van der Waals surface area contributed by atoms with E-state index >= 15 is 0 Å². The largest absolute Gasteiger partial charge is 0.416 e. The molecule has 0 spiro atoms. The van der Waals surface area contributed by atoms with Crippen LogP contribution in [-0.2, 0) is 12.7 Å². The minimum atomic E-state index is -4.45. The van der Waals surface area contributed by atoms with Crippen LogP contribution in [-0.4, -0.2) is 36.7 Å². The van der Waals surface area contributed by atoms with Gasteiger partial charge in [-0.1, -0.05) is 5.21 Å². The van der Waals surface area contributed by atoms with Gasteiger partial charge in [-0.2, -0.15) is 13.2 Å². The summed E-state index contributed by atoms with van der Waals surface area (Å²) in [6.45, 7) is 2.41. The lowest BCUT2D eigenvalue weighted by atomic mass is 10.2. The van der Waals surface area contributed by atoms with Crippen molar-refractivity contribution in [1.29, 1.82) is 0 Å². The van der Waals surface area contributed by atoms with Crippen LogP contribution in [0.25, 0.3) is 11.4 Å². The molecule has 0 aliphatic heterocycles. The minimum Gasteiger partial charge on any atom is -0.396 e. The second-order valence-corrected chi connectivity index (χ2v) is 5.91. The Labute approximate surface area is 152 Å². The number of halogens is 3. The number of anilines is 2. The van der Waals surface area contributed by atoms with E-state index in [2.05, 4.69) is 25.6 Å². The van der Waals surface area contributed by atoms with Crippen molar-refractivity contribution in [2.24, 2.45) is 0 Å². The summed E-state index contributed by atoms with van der Waals surface area (Å²) < 4.78 is 40.1. The molecule has 0 aromatic carbocycles. The molecule has 2 N–H and O–H groups in total. The Bertz CT molecular complexity index is 925. The van der Waals surface area contributed by atoms with Crippen LogP contribution in [0, 0.1) is 6.92 Å². The summed E-state index contributed by atoms with van der Waals surface area (Å²) in [5.74, 6) is 0.391. The average Bonchev–Trinajstić information content (AvgIpc) is 3.08. The molecule has 0 saturated heterocycles. The van der Waals surface area contributed by atoms with Gasteiger partial charge in [0.05, 0.1) is 17.5 Å². The van der Waals surface area contributed by atoms with E-state index in [0.717, 1.165) is 23.9 Å². The number of pyridine rings is 2. The predicted octanol–water partition coefficient (Wildman–Crippen LogP) is 3.19. The molecule has 0 fully saturated rings. The van der Waals surface area contributed by atoms with E-state index in [0.29, 0.717) is 30.2 Å². The topological polar surface area (TPSA) is 88.8 Å². The summed E-state index contributed by atoms with van der Waals surface area (Å²) in [6.07, 6.45) is -1.10. The molecule has 0 amide bonds. The lowest BCUT2D eigenvalue weighted by Gasteiger charge is -2.10. The molecular formula is C17H17F3N6O. The predicted molar refractivity (Wildman–Crippen MR) is 92.2 cm³/mol. The first-order valence-electron chi connectivity index (χ1n) is 8.15. The molecule has 27 heavy (non-hydrogen) atoms. The van der Waals surface area contributed by atoms with Gasteiger partial charge in [0.25, 0.3) is 0 Å². The summed E-state index contributed by atoms with van der Waals surface area (Å²) in [4.78, 5) is 8.30. The van der Waals surface area contributed by atoms with Crippen LogP contribution < -0.4 is 5.32 Å². The van der Waals surface area contributed by atoms with Gasteiger partial charge in [0.15, 0.2) is 0 Å². The van der Waals surface area contributed by atoms with Crippen molar-refractivity contribution in [2.45, 2.75) is 26.1 Å². The highest BCUT2D eigenvalue weighted by atomic mass is 19.4. The van der Waals surface area contributed by atoms with Crippen LogP contribution in [0.5, 0.6) is 0 Å². The standard InChI is InChI=1S/C17H17F3N6O/c1-11-7-13(14-10-26(25-24-14)5-2-6-27)22-16(8-11)23-15-9-12(3-4-21-15)17(18,19)20/h3-4,7-10,27H,2,5-6H2,1H3,(H,21,22,23). The quantitative estimate of drug-likeness (QED) is 0.685. The minimum absolute atomic E-state index is 0.0421. The number of aliphatic hydroxyl groups is 1. The zero-order chi connectivity index (χ0) is 19.4. The number of hydrogen-bond acceptors (Lipinski definition) is 6. The molecule has 3 heterocycles. The zero-order valence-electron chi connectivity index (χ0n) is 14.4. The summed E-state index contributed by atoms with van der Waals surface area (Å²) in [6, 6.07) is 5.33. The maximum absolute atomic E-state index is 12.8. The van der Waals surface area contributed by atoms with Gasteiger partial charge in [0.1, 0.15) is 17.3 Å². The molecule has 3 rings (SSSR count). The summed E-state index contributed by atoms with van der Waals surface area (Å²) in [5, 5.41) is 19.7. The SMILES string of the molecule is Cc1cc(Nc2cc(C(F)(F)F)ccn2)nc(-c2cn(CCCO)nn2)c1. The molecule has 3 aromatic rings. The number of hydrogen-bond donors (Lipinski definition) is 2. The molecule has 10 heteroatoms. The monoisotopic (exact) mass is 378 g/mol. The Morgan fingerprint density at radius 2 is 1.96 bits per heavy atom. The smallest absolute Gasteiger partial charge is 0.396 e. The molecule has 0 radical (unpaired) electrons. The Morgan fingerprint density at radius 1 is 1.15 bits per heavy atom. The second kappa shape index (κ2) is 7.70. The van der Waals surface area contributed by atoms with Crippen molar-refractivity contribution in [3.8, 4) is 11.4 Å². The molecule has 0 saturated carbocycles. The Kier molecular flexibility index (Phi) is 5.36. The molecule has 0 aliphatic rings. The van der Waals surface area contributed by atoms with Crippen molar-refractivity contribution in [2.75, 3.05) is 11.9 Å². The molecule has 3 aromatic heterocycles. The van der Waals surface area contributed by atoms with Crippen LogP contribution in [0.1, 0.15) is 17.5 Å². The highest BCUT2D eigenvalue weighted by Crippen LogP contribution is 2.30. The van der Waals surface area contributed by atoms with Crippen LogP contribution >= 0.6 is 0 Å². The van der Waals surface area contributed by atoms with E-state index in [-0.39, 0.29) is 12.4 Å². The summed E-state index contributed by atoms with van der Waals surface area (Å²) in [5.41, 5.74) is 1.11. The summed E-state index contributed by atoms with van der Waals surface area (Å²) >= 11 is 0. The van der Waals surface area contributed by atoms with Crippen LogP contribution in [0.3, 0.4) is 0 Å². The molecule has 0 bridgehead atoms. The first-order valence-corrected chi connectivity index (χ1v) is 8.15. The molecule has 142 valence electrons. The summed E-state index contributed by atoms with van der Waals surface area (Å²) in [7, 11) is 0. The average molecular weight is 378 g/mol. The van der Waals surface area contributed by atoms with E-state index < -0.39 is 11.7 Å². The third-order valence-electron chi connectivity index (χ3n) is 3.66. The Hall–Kier alpha value is -3.01. The lowest BCUT2D eigenvalue weighted by molar-refractivity contribution is -0.137. The van der Waals surface area contributed by atoms with Gasteiger partial charge in [-0.3, -0.25) is 4.68 Å². The highest BCUT2D eigenvalue weighted by molar-refractivity contribution is 5.61. The third kappa shape index (κ3) is 4.79. The highest BCUT2D eigenvalue weighted by Gasteiger charge is 2.30. The third-order valence-corrected chi connectivity index (χ3v) is 3.66. The van der Waals surface area contributed by atoms with Crippen molar-refractivity contribution >= 4 is 11.6 Å². The molecule has 0 aliphatic carbocycles. The van der Waals surface area contributed by atoms with Crippen molar-refractivity contribution < 1.29 is 18.3 Å².